The summed E-state index contributed by atoms with van der Waals surface area (Å²) in [5.74, 6) is 0.562. The van der Waals surface area contributed by atoms with Crippen LogP contribution in [0.15, 0.2) is 28.7 Å². The first-order chi connectivity index (χ1) is 8.10. The molecule has 0 aliphatic heterocycles. The fourth-order valence-electron chi connectivity index (χ4n) is 1.44. The van der Waals surface area contributed by atoms with E-state index in [0.29, 0.717) is 16.0 Å². The Hall–Kier alpha value is -0.640. The normalized spacial score (nSPS) is 10.6. The van der Waals surface area contributed by atoms with Crippen LogP contribution in [-0.4, -0.2) is 9.97 Å². The molecule has 1 aromatic carbocycles. The molecule has 0 radical (unpaired) electrons. The van der Waals surface area contributed by atoms with Gasteiger partial charge in [0.15, 0.2) is 5.82 Å². The largest absolute Gasteiger partial charge is 0.233 e. The smallest absolute Gasteiger partial charge is 0.162 e. The number of aromatic nitrogens is 2. The van der Waals surface area contributed by atoms with Crippen molar-refractivity contribution >= 4 is 39.1 Å². The molecule has 5 heteroatoms. The summed E-state index contributed by atoms with van der Waals surface area (Å²) in [5.41, 5.74) is 1.69. The van der Waals surface area contributed by atoms with Crippen molar-refractivity contribution in [1.82, 2.24) is 9.97 Å². The highest BCUT2D eigenvalue weighted by Gasteiger charge is 2.09. The van der Waals surface area contributed by atoms with Gasteiger partial charge in [-0.25, -0.2) is 9.97 Å². The predicted molar refractivity (Wildman–Crippen MR) is 74.6 cm³/mol. The van der Waals surface area contributed by atoms with Crippen LogP contribution >= 0.6 is 39.1 Å². The van der Waals surface area contributed by atoms with Crippen LogP contribution in [0.25, 0.3) is 11.4 Å². The van der Waals surface area contributed by atoms with Crippen molar-refractivity contribution in [2.75, 3.05) is 0 Å². The van der Waals surface area contributed by atoms with Crippen LogP contribution in [0.3, 0.4) is 0 Å². The van der Waals surface area contributed by atoms with Gasteiger partial charge < -0.3 is 0 Å². The minimum absolute atomic E-state index is 0.436. The first-order valence-corrected chi connectivity index (χ1v) is 6.64. The average molecular weight is 332 g/mol. The van der Waals surface area contributed by atoms with Crippen molar-refractivity contribution in [3.8, 4) is 11.4 Å². The summed E-state index contributed by atoms with van der Waals surface area (Å²) in [5, 5.41) is 1.04. The van der Waals surface area contributed by atoms with E-state index >= 15 is 0 Å². The van der Waals surface area contributed by atoms with Crippen LogP contribution in [0.2, 0.25) is 10.2 Å². The molecule has 0 atom stereocenters. The van der Waals surface area contributed by atoms with Gasteiger partial charge in [-0.2, -0.15) is 0 Å². The van der Waals surface area contributed by atoms with Crippen molar-refractivity contribution < 1.29 is 0 Å². The standard InChI is InChI=1S/C12H9BrCl2N2/c1-2-8-6-11(15)17-12(16-8)9-4-3-7(13)5-10(9)14/h3-6H,2H2,1H3. The Bertz CT molecular complexity index is 558. The van der Waals surface area contributed by atoms with E-state index in [4.69, 9.17) is 23.2 Å². The van der Waals surface area contributed by atoms with Crippen LogP contribution in [-0.2, 0) is 6.42 Å². The minimum Gasteiger partial charge on any atom is -0.233 e. The zero-order valence-corrected chi connectivity index (χ0v) is 12.1. The number of nitrogens with zero attached hydrogens (tertiary/aromatic N) is 2. The number of hydrogen-bond acceptors (Lipinski definition) is 2. The molecule has 2 nitrogen and oxygen atoms in total. The van der Waals surface area contributed by atoms with Crippen molar-refractivity contribution in [3.63, 3.8) is 0 Å². The Morgan fingerprint density at radius 1 is 1.18 bits per heavy atom. The molecule has 17 heavy (non-hydrogen) atoms. The van der Waals surface area contributed by atoms with E-state index in [1.807, 2.05) is 25.1 Å². The second-order valence-electron chi connectivity index (χ2n) is 3.48. The SMILES string of the molecule is CCc1cc(Cl)nc(-c2ccc(Br)cc2Cl)n1. The molecule has 0 aliphatic carbocycles. The number of hydrogen-bond donors (Lipinski definition) is 0. The van der Waals surface area contributed by atoms with E-state index in [1.165, 1.54) is 0 Å². The molecular formula is C12H9BrCl2N2. The quantitative estimate of drug-likeness (QED) is 0.740. The van der Waals surface area contributed by atoms with Gasteiger partial charge in [0, 0.05) is 15.7 Å². The van der Waals surface area contributed by atoms with Crippen LogP contribution < -0.4 is 0 Å². The Morgan fingerprint density at radius 3 is 2.59 bits per heavy atom. The van der Waals surface area contributed by atoms with Gasteiger partial charge in [0.2, 0.25) is 0 Å². The molecule has 0 unspecified atom stereocenters. The fraction of sp³-hybridized carbons (Fsp3) is 0.167. The van der Waals surface area contributed by atoms with E-state index in [-0.39, 0.29) is 0 Å². The summed E-state index contributed by atoms with van der Waals surface area (Å²) < 4.78 is 0.920. The van der Waals surface area contributed by atoms with Crippen LogP contribution in [0.4, 0.5) is 0 Å². The van der Waals surface area contributed by atoms with Crippen LogP contribution in [0, 0.1) is 0 Å². The summed E-state index contributed by atoms with van der Waals surface area (Å²) >= 11 is 15.5. The first-order valence-electron chi connectivity index (χ1n) is 5.09. The number of benzene rings is 1. The van der Waals surface area contributed by atoms with Crippen LogP contribution in [0.5, 0.6) is 0 Å². The van der Waals surface area contributed by atoms with Gasteiger partial charge in [-0.3, -0.25) is 0 Å². The third-order valence-electron chi connectivity index (χ3n) is 2.28. The maximum atomic E-state index is 6.16. The Kier molecular flexibility index (Phi) is 4.02. The molecule has 2 rings (SSSR count). The lowest BCUT2D eigenvalue weighted by atomic mass is 10.2. The Balaban J connectivity index is 2.55. The van der Waals surface area contributed by atoms with Crippen molar-refractivity contribution in [2.24, 2.45) is 0 Å². The summed E-state index contributed by atoms with van der Waals surface area (Å²) in [6.07, 6.45) is 0.809. The van der Waals surface area contributed by atoms with E-state index in [9.17, 15) is 0 Å². The molecule has 0 saturated heterocycles. The van der Waals surface area contributed by atoms with Gasteiger partial charge in [0.05, 0.1) is 5.02 Å². The van der Waals surface area contributed by atoms with Gasteiger partial charge in [0.1, 0.15) is 5.15 Å². The minimum atomic E-state index is 0.436. The predicted octanol–water partition coefficient (Wildman–Crippen LogP) is 4.78. The summed E-state index contributed by atoms with van der Waals surface area (Å²) in [4.78, 5) is 8.61. The Morgan fingerprint density at radius 2 is 1.94 bits per heavy atom. The number of aryl methyl sites for hydroxylation is 1. The van der Waals surface area contributed by atoms with E-state index in [0.717, 1.165) is 22.2 Å². The molecule has 0 aliphatic rings. The van der Waals surface area contributed by atoms with Gasteiger partial charge in [-0.05, 0) is 30.7 Å². The van der Waals surface area contributed by atoms with Gasteiger partial charge >= 0.3 is 0 Å². The first kappa shape index (κ1) is 12.8. The highest BCUT2D eigenvalue weighted by atomic mass is 79.9. The number of halogens is 3. The van der Waals surface area contributed by atoms with Crippen molar-refractivity contribution in [1.29, 1.82) is 0 Å². The highest BCUT2D eigenvalue weighted by Crippen LogP contribution is 2.29. The van der Waals surface area contributed by atoms with Crippen molar-refractivity contribution in [2.45, 2.75) is 13.3 Å². The lowest BCUT2D eigenvalue weighted by molar-refractivity contribution is 1.01. The third-order valence-corrected chi connectivity index (χ3v) is 3.28. The molecule has 1 heterocycles. The summed E-state index contributed by atoms with van der Waals surface area (Å²) in [6, 6.07) is 7.35. The van der Waals surface area contributed by atoms with Gasteiger partial charge in [-0.1, -0.05) is 46.1 Å². The second kappa shape index (κ2) is 5.34. The lowest BCUT2D eigenvalue weighted by Crippen LogP contribution is -1.95. The molecule has 88 valence electrons. The number of rotatable bonds is 2. The van der Waals surface area contributed by atoms with E-state index in [2.05, 4.69) is 25.9 Å². The molecule has 0 amide bonds. The average Bonchev–Trinajstić information content (AvgIpc) is 2.28. The summed E-state index contributed by atoms with van der Waals surface area (Å²) in [6.45, 7) is 2.02. The Labute approximate surface area is 118 Å². The van der Waals surface area contributed by atoms with Gasteiger partial charge in [0.25, 0.3) is 0 Å². The highest BCUT2D eigenvalue weighted by molar-refractivity contribution is 9.10. The molecule has 0 fully saturated rings. The molecule has 0 saturated carbocycles. The monoisotopic (exact) mass is 330 g/mol. The zero-order chi connectivity index (χ0) is 12.4. The second-order valence-corrected chi connectivity index (χ2v) is 5.19. The zero-order valence-electron chi connectivity index (χ0n) is 9.04. The molecule has 0 N–H and O–H groups in total. The third kappa shape index (κ3) is 2.97. The molecule has 2 aromatic rings. The van der Waals surface area contributed by atoms with Crippen LogP contribution in [0.1, 0.15) is 12.6 Å². The van der Waals surface area contributed by atoms with E-state index < -0.39 is 0 Å². The summed E-state index contributed by atoms with van der Waals surface area (Å²) in [7, 11) is 0. The van der Waals surface area contributed by atoms with E-state index in [1.54, 1.807) is 6.07 Å². The maximum Gasteiger partial charge on any atom is 0.162 e. The molecule has 0 spiro atoms. The topological polar surface area (TPSA) is 25.8 Å². The molecule has 0 bridgehead atoms. The maximum absolute atomic E-state index is 6.16. The van der Waals surface area contributed by atoms with Gasteiger partial charge in [-0.15, -0.1) is 0 Å². The van der Waals surface area contributed by atoms with Crippen molar-refractivity contribution in [3.05, 3.63) is 44.6 Å². The fourth-order valence-corrected chi connectivity index (χ4v) is 2.40. The molecular weight excluding hydrogens is 323 g/mol. The lowest BCUT2D eigenvalue weighted by Gasteiger charge is -2.06. The molecule has 1 aromatic heterocycles.